The van der Waals surface area contributed by atoms with Crippen molar-refractivity contribution in [1.29, 1.82) is 0 Å². The number of nitrogens with one attached hydrogen (secondary N) is 2. The van der Waals surface area contributed by atoms with Crippen molar-refractivity contribution in [2.24, 2.45) is 0 Å². The third kappa shape index (κ3) is 4.06. The van der Waals surface area contributed by atoms with E-state index in [4.69, 9.17) is 4.55 Å². The van der Waals surface area contributed by atoms with Crippen LogP contribution in [-0.4, -0.2) is 45.9 Å². The highest BCUT2D eigenvalue weighted by molar-refractivity contribution is 7.85. The molecule has 0 saturated carbocycles. The fraction of sp³-hybridized carbons (Fsp3) is 0.417. The van der Waals surface area contributed by atoms with Crippen LogP contribution in [0.4, 0.5) is 0 Å². The predicted octanol–water partition coefficient (Wildman–Crippen LogP) is 0.331. The third-order valence-electron chi connectivity index (χ3n) is 3.20. The van der Waals surface area contributed by atoms with E-state index in [0.29, 0.717) is 12.4 Å². The molecule has 9 heteroatoms. The normalized spacial score (nSPS) is 14.8. The first kappa shape index (κ1) is 15.5. The van der Waals surface area contributed by atoms with Crippen LogP contribution in [0.2, 0.25) is 0 Å². The number of rotatable bonds is 7. The maximum absolute atomic E-state index is 10.7. The summed E-state index contributed by atoms with van der Waals surface area (Å²) >= 11 is 0. The van der Waals surface area contributed by atoms with Gasteiger partial charge in [-0.3, -0.25) is 4.55 Å². The molecule has 0 aliphatic rings. The molecule has 0 radical (unpaired) electrons. The van der Waals surface area contributed by atoms with Gasteiger partial charge in [-0.25, -0.2) is 0 Å². The molecular formula is C12H17N5O3S. The summed E-state index contributed by atoms with van der Waals surface area (Å²) in [5.41, 5.74) is 0.228. The quantitative estimate of drug-likeness (QED) is 0.497. The van der Waals surface area contributed by atoms with Crippen molar-refractivity contribution < 1.29 is 13.0 Å². The minimum atomic E-state index is -3.95. The molecule has 1 heterocycles. The predicted molar refractivity (Wildman–Crippen MR) is 76.1 cm³/mol. The van der Waals surface area contributed by atoms with Gasteiger partial charge in [-0.15, -0.1) is 10.2 Å². The summed E-state index contributed by atoms with van der Waals surface area (Å²) in [6.45, 7) is 2.26. The van der Waals surface area contributed by atoms with Gasteiger partial charge in [0.15, 0.2) is 5.82 Å². The molecule has 0 bridgehead atoms. The number of hydrogen-bond donors (Lipinski definition) is 3. The molecule has 2 aromatic rings. The SMILES string of the molecule is CC(NCCCS(=O)(=O)O)(c1ccccc1)c1nn[nH]n1. The summed E-state index contributed by atoms with van der Waals surface area (Å²) in [6, 6.07) is 9.54. The fourth-order valence-electron chi connectivity index (χ4n) is 2.05. The Morgan fingerprint density at radius 2 is 2.05 bits per heavy atom. The Morgan fingerprint density at radius 3 is 2.62 bits per heavy atom. The Balaban J connectivity index is 2.15. The van der Waals surface area contributed by atoms with Crippen LogP contribution < -0.4 is 5.32 Å². The van der Waals surface area contributed by atoms with Crippen molar-refractivity contribution in [1.82, 2.24) is 25.9 Å². The maximum atomic E-state index is 10.7. The monoisotopic (exact) mass is 311 g/mol. The Kier molecular flexibility index (Phi) is 4.66. The lowest BCUT2D eigenvalue weighted by molar-refractivity contribution is 0.412. The first-order valence-electron chi connectivity index (χ1n) is 6.41. The van der Waals surface area contributed by atoms with E-state index < -0.39 is 15.7 Å². The van der Waals surface area contributed by atoms with Crippen molar-refractivity contribution in [2.45, 2.75) is 18.9 Å². The van der Waals surface area contributed by atoms with Crippen LogP contribution in [-0.2, 0) is 15.7 Å². The molecule has 1 aromatic carbocycles. The van der Waals surface area contributed by atoms with Gasteiger partial charge in [0, 0.05) is 0 Å². The molecule has 0 fully saturated rings. The minimum absolute atomic E-state index is 0.277. The number of benzene rings is 1. The van der Waals surface area contributed by atoms with Crippen LogP contribution in [0.3, 0.4) is 0 Å². The highest BCUT2D eigenvalue weighted by Crippen LogP contribution is 2.25. The number of tetrazole rings is 1. The zero-order valence-corrected chi connectivity index (χ0v) is 12.3. The van der Waals surface area contributed by atoms with E-state index in [-0.39, 0.29) is 12.2 Å². The number of aromatic amines is 1. The van der Waals surface area contributed by atoms with Crippen LogP contribution in [0, 0.1) is 0 Å². The van der Waals surface area contributed by atoms with Gasteiger partial charge in [-0.05, 0) is 25.5 Å². The number of nitrogens with zero attached hydrogens (tertiary/aromatic N) is 3. The lowest BCUT2D eigenvalue weighted by Crippen LogP contribution is -2.42. The number of H-pyrrole nitrogens is 1. The standard InChI is InChI=1S/C12H17N5O3S/c1-12(11-14-16-17-15-11,10-6-3-2-4-7-10)13-8-5-9-21(18,19)20/h2-4,6-7,13H,5,8-9H2,1H3,(H,18,19,20)(H,14,15,16,17). The maximum Gasteiger partial charge on any atom is 0.264 e. The first-order chi connectivity index (χ1) is 9.92. The average molecular weight is 311 g/mol. The summed E-state index contributed by atoms with van der Waals surface area (Å²) < 4.78 is 30.2. The molecule has 0 saturated heterocycles. The van der Waals surface area contributed by atoms with E-state index in [1.807, 2.05) is 37.3 Å². The van der Waals surface area contributed by atoms with Gasteiger partial charge in [0.2, 0.25) is 0 Å². The molecular weight excluding hydrogens is 294 g/mol. The van der Waals surface area contributed by atoms with Gasteiger partial charge in [0.05, 0.1) is 5.75 Å². The van der Waals surface area contributed by atoms with Gasteiger partial charge in [-0.2, -0.15) is 13.6 Å². The molecule has 0 spiro atoms. The van der Waals surface area contributed by atoms with Crippen molar-refractivity contribution in [3.05, 3.63) is 41.7 Å². The van der Waals surface area contributed by atoms with Gasteiger partial charge in [0.1, 0.15) is 5.54 Å². The summed E-state index contributed by atoms with van der Waals surface area (Å²) in [5, 5.41) is 17.2. The zero-order chi connectivity index (χ0) is 15.3. The highest BCUT2D eigenvalue weighted by atomic mass is 32.2. The first-order valence-corrected chi connectivity index (χ1v) is 8.02. The smallest absolute Gasteiger partial charge is 0.264 e. The van der Waals surface area contributed by atoms with Gasteiger partial charge in [-0.1, -0.05) is 35.5 Å². The number of hydrogen-bond acceptors (Lipinski definition) is 6. The Bertz CT molecular complexity index is 659. The van der Waals surface area contributed by atoms with Crippen LogP contribution in [0.15, 0.2) is 30.3 Å². The third-order valence-corrected chi connectivity index (χ3v) is 4.01. The molecule has 1 aromatic heterocycles. The molecule has 3 N–H and O–H groups in total. The summed E-state index contributed by atoms with van der Waals surface area (Å²) in [6.07, 6.45) is 0.277. The number of aromatic nitrogens is 4. The van der Waals surface area contributed by atoms with Crippen LogP contribution in [0.1, 0.15) is 24.7 Å². The van der Waals surface area contributed by atoms with Gasteiger partial charge >= 0.3 is 0 Å². The van der Waals surface area contributed by atoms with E-state index in [9.17, 15) is 8.42 Å². The highest BCUT2D eigenvalue weighted by Gasteiger charge is 2.32. The Morgan fingerprint density at radius 1 is 1.33 bits per heavy atom. The Hall–Kier alpha value is -1.84. The van der Waals surface area contributed by atoms with E-state index in [0.717, 1.165) is 5.56 Å². The average Bonchev–Trinajstić information content (AvgIpc) is 2.98. The van der Waals surface area contributed by atoms with Crippen molar-refractivity contribution in [3.8, 4) is 0 Å². The van der Waals surface area contributed by atoms with Gasteiger partial charge in [0.25, 0.3) is 10.1 Å². The molecule has 2 rings (SSSR count). The molecule has 0 amide bonds. The second kappa shape index (κ2) is 6.29. The molecule has 114 valence electrons. The fourth-order valence-corrected chi connectivity index (χ4v) is 2.56. The summed E-state index contributed by atoms with van der Waals surface area (Å²) in [5.74, 6) is 0.164. The van der Waals surface area contributed by atoms with Crippen molar-refractivity contribution in [3.63, 3.8) is 0 Å². The second-order valence-electron chi connectivity index (χ2n) is 4.79. The second-order valence-corrected chi connectivity index (χ2v) is 6.36. The molecule has 1 unspecified atom stereocenters. The van der Waals surface area contributed by atoms with E-state index in [1.54, 1.807) is 0 Å². The van der Waals surface area contributed by atoms with Crippen LogP contribution in [0.5, 0.6) is 0 Å². The summed E-state index contributed by atoms with van der Waals surface area (Å²) in [4.78, 5) is 0. The van der Waals surface area contributed by atoms with E-state index in [1.165, 1.54) is 0 Å². The Labute approximate surface area is 122 Å². The lowest BCUT2D eigenvalue weighted by Gasteiger charge is -2.28. The molecule has 1 atom stereocenters. The van der Waals surface area contributed by atoms with Crippen LogP contribution >= 0.6 is 0 Å². The largest absolute Gasteiger partial charge is 0.301 e. The lowest BCUT2D eigenvalue weighted by atomic mass is 9.91. The van der Waals surface area contributed by atoms with E-state index in [2.05, 4.69) is 25.9 Å². The van der Waals surface area contributed by atoms with Crippen molar-refractivity contribution >= 4 is 10.1 Å². The summed E-state index contributed by atoms with van der Waals surface area (Å²) in [7, 11) is -3.95. The molecule has 0 aliphatic carbocycles. The molecule has 0 aliphatic heterocycles. The van der Waals surface area contributed by atoms with Crippen LogP contribution in [0.25, 0.3) is 0 Å². The van der Waals surface area contributed by atoms with E-state index >= 15 is 0 Å². The minimum Gasteiger partial charge on any atom is -0.301 e. The topological polar surface area (TPSA) is 121 Å². The molecule has 21 heavy (non-hydrogen) atoms. The molecule has 8 nitrogen and oxygen atoms in total. The van der Waals surface area contributed by atoms with Crippen molar-refractivity contribution in [2.75, 3.05) is 12.3 Å². The zero-order valence-electron chi connectivity index (χ0n) is 11.5. The van der Waals surface area contributed by atoms with Gasteiger partial charge < -0.3 is 5.32 Å².